The summed E-state index contributed by atoms with van der Waals surface area (Å²) in [6, 6.07) is 4.57. The van der Waals surface area contributed by atoms with E-state index in [9.17, 15) is 49.2 Å². The van der Waals surface area contributed by atoms with Gasteiger partial charge in [-0.3, -0.25) is 19.2 Å². The van der Waals surface area contributed by atoms with Crippen LogP contribution in [0.2, 0.25) is 0 Å². The van der Waals surface area contributed by atoms with E-state index in [1.807, 2.05) is 52.0 Å². The van der Waals surface area contributed by atoms with Gasteiger partial charge in [0.1, 0.15) is 12.1 Å². The molecule has 0 fully saturated rings. The molecule has 438 valence electrons. The lowest BCUT2D eigenvalue weighted by Gasteiger charge is -2.16. The van der Waals surface area contributed by atoms with Gasteiger partial charge in [-0.25, -0.2) is 19.6 Å². The molecule has 5 rings (SSSR count). The number of amides is 2. The first-order chi connectivity index (χ1) is 38.2. The van der Waals surface area contributed by atoms with Crippen molar-refractivity contribution in [2.75, 3.05) is 13.2 Å². The fraction of sp³-hybridized carbons (Fsp3) is 0.581. The van der Waals surface area contributed by atoms with Gasteiger partial charge in [0.2, 0.25) is 11.8 Å². The van der Waals surface area contributed by atoms with Gasteiger partial charge < -0.3 is 50.5 Å². The van der Waals surface area contributed by atoms with Gasteiger partial charge in [0.25, 0.3) is 0 Å². The summed E-state index contributed by atoms with van der Waals surface area (Å²) in [6.07, 6.45) is 16.4. The Morgan fingerprint density at radius 3 is 1.21 bits per heavy atom. The maximum atomic E-state index is 13.4. The van der Waals surface area contributed by atoms with E-state index in [-0.39, 0.29) is 37.9 Å². The molecule has 3 aromatic heterocycles. The van der Waals surface area contributed by atoms with Gasteiger partial charge in [-0.1, -0.05) is 104 Å². The Kier molecular flexibility index (Phi) is 25.6. The molecule has 4 atom stereocenters. The van der Waals surface area contributed by atoms with Crippen molar-refractivity contribution in [2.24, 2.45) is 0 Å². The minimum absolute atomic E-state index is 0.114. The van der Waals surface area contributed by atoms with Crippen LogP contribution >= 0.6 is 0 Å². The van der Waals surface area contributed by atoms with E-state index >= 15 is 0 Å². The zero-order chi connectivity index (χ0) is 58.5. The third-order valence-electron chi connectivity index (χ3n) is 15.4. The first kappa shape index (κ1) is 64.2. The molecular weight excluding hydrogens is 1020 g/mol. The van der Waals surface area contributed by atoms with E-state index in [2.05, 4.69) is 48.3 Å². The first-order valence-corrected chi connectivity index (χ1v) is 29.1. The highest BCUT2D eigenvalue weighted by atomic mass is 16.5. The van der Waals surface area contributed by atoms with Crippen molar-refractivity contribution in [3.63, 3.8) is 0 Å². The van der Waals surface area contributed by atoms with Gasteiger partial charge in [-0.05, 0) is 125 Å². The summed E-state index contributed by atoms with van der Waals surface area (Å²) in [6.45, 7) is 17.6. The van der Waals surface area contributed by atoms with Crippen molar-refractivity contribution in [3.05, 3.63) is 69.3 Å². The number of allylic oxidation sites excluding steroid dienone is 2. The summed E-state index contributed by atoms with van der Waals surface area (Å²) < 4.78 is 13.2. The number of aromatic amines is 2. The van der Waals surface area contributed by atoms with E-state index < -0.39 is 60.6 Å². The average Bonchev–Trinajstić information content (AvgIpc) is 4.08. The van der Waals surface area contributed by atoms with E-state index in [1.54, 1.807) is 0 Å². The van der Waals surface area contributed by atoms with Gasteiger partial charge >= 0.3 is 23.9 Å². The number of unbranched alkanes of at least 4 members (excludes halogenated alkanes) is 14. The van der Waals surface area contributed by atoms with Crippen molar-refractivity contribution in [1.82, 2.24) is 30.6 Å². The number of nitrogens with zero attached hydrogens (tertiary/aromatic N) is 2. The number of hydrogen-bond donors (Lipinski definition) is 8. The fourth-order valence-corrected chi connectivity index (χ4v) is 10.7. The van der Waals surface area contributed by atoms with Crippen LogP contribution in [0.4, 0.5) is 0 Å². The zero-order valence-electron chi connectivity index (χ0n) is 48.5. The topological polar surface area (TPSA) is 283 Å². The molecule has 8 N–H and O–H groups in total. The molecule has 0 saturated heterocycles. The average molecular weight is 1110 g/mol. The normalized spacial score (nSPS) is 14.0. The summed E-state index contributed by atoms with van der Waals surface area (Å²) in [5, 5.41) is 42.8. The van der Waals surface area contributed by atoms with E-state index in [4.69, 9.17) is 19.4 Å². The molecule has 0 aliphatic carbocycles. The largest absolute Gasteiger partial charge is 0.481 e. The summed E-state index contributed by atoms with van der Waals surface area (Å²) in [5.41, 5.74) is 12.0. The number of carboxylic acid groups (broad SMARTS) is 4. The summed E-state index contributed by atoms with van der Waals surface area (Å²) in [7, 11) is 0. The van der Waals surface area contributed by atoms with Gasteiger partial charge in [0, 0.05) is 59.3 Å². The van der Waals surface area contributed by atoms with Crippen LogP contribution in [0, 0.1) is 13.8 Å². The van der Waals surface area contributed by atoms with Gasteiger partial charge in [0.05, 0.1) is 47.8 Å². The minimum Gasteiger partial charge on any atom is -0.481 e. The Hall–Kier alpha value is -6.66. The van der Waals surface area contributed by atoms with Crippen LogP contribution in [0.5, 0.6) is 0 Å². The number of rotatable bonds is 36. The Labute approximate surface area is 471 Å². The number of carbonyl (C=O) groups is 6. The molecule has 18 heteroatoms. The number of ether oxygens (including phenoxy) is 2. The number of nitrogens with one attached hydrogen (secondary N) is 4. The molecule has 5 heterocycles. The number of aliphatic carboxylic acids is 4. The van der Waals surface area contributed by atoms with E-state index in [1.165, 1.54) is 70.6 Å². The number of aromatic nitrogens is 4. The third kappa shape index (κ3) is 18.7. The van der Waals surface area contributed by atoms with Crippen LogP contribution in [0.1, 0.15) is 215 Å². The van der Waals surface area contributed by atoms with Crippen LogP contribution in [0.15, 0.2) is 24.3 Å². The van der Waals surface area contributed by atoms with E-state index in [0.29, 0.717) is 63.5 Å². The third-order valence-corrected chi connectivity index (χ3v) is 15.4. The summed E-state index contributed by atoms with van der Waals surface area (Å²) >= 11 is 0. The monoisotopic (exact) mass is 1110 g/mol. The second-order valence-electron chi connectivity index (χ2n) is 21.6. The van der Waals surface area contributed by atoms with Gasteiger partial charge in [0.15, 0.2) is 0 Å². The number of H-pyrrole nitrogens is 2. The van der Waals surface area contributed by atoms with Crippen LogP contribution in [-0.4, -0.2) is 114 Å². The zero-order valence-corrected chi connectivity index (χ0v) is 48.5. The predicted molar refractivity (Wildman–Crippen MR) is 312 cm³/mol. The molecule has 2 amide bonds. The fourth-order valence-electron chi connectivity index (χ4n) is 10.7. The van der Waals surface area contributed by atoms with Gasteiger partial charge in [-0.15, -0.1) is 0 Å². The molecule has 0 aromatic carbocycles. The van der Waals surface area contributed by atoms with Crippen molar-refractivity contribution >= 4 is 80.1 Å². The number of fused-ring (bicyclic) bond motifs is 8. The highest BCUT2D eigenvalue weighted by Gasteiger charge is 2.29. The molecular formula is C62H88N6O12. The Bertz CT molecular complexity index is 2900. The number of carboxylic acids is 4. The predicted octanol–water partition coefficient (Wildman–Crippen LogP) is 11.8. The Morgan fingerprint density at radius 1 is 0.487 bits per heavy atom. The molecule has 0 radical (unpaired) electrons. The number of aryl methyl sites for hydroxylation is 4. The molecule has 2 unspecified atom stereocenters. The number of carbonyl (C=O) groups excluding carboxylic acids is 2. The molecule has 0 saturated carbocycles. The molecule has 3 aromatic rings. The maximum Gasteiger partial charge on any atom is 0.326 e. The van der Waals surface area contributed by atoms with Crippen molar-refractivity contribution in [3.8, 4) is 0 Å². The lowest BCUT2D eigenvalue weighted by molar-refractivity contribution is -0.147. The lowest BCUT2D eigenvalue weighted by Crippen LogP contribution is -2.42. The van der Waals surface area contributed by atoms with Crippen molar-refractivity contribution < 1.29 is 58.7 Å². The van der Waals surface area contributed by atoms with Crippen LogP contribution in [-0.2, 0) is 51.1 Å². The SMILES string of the molecule is CCCCCCCCCCOC(C)C1=C(C)c2cc3[nH]c(cc4[nH]c(cc5nc(cc1n2)C(C)=C5C(C)OCCCCCCCCCC)c(C)c4CCC(=O)N[C@@H](CC(=O)O)C(=O)O)c(CCC(=O)N[C@@H](CC(=O)O)C(=O)O)c3C. The Morgan fingerprint density at radius 2 is 0.838 bits per heavy atom. The lowest BCUT2D eigenvalue weighted by atomic mass is 9.98. The summed E-state index contributed by atoms with van der Waals surface area (Å²) in [5.74, 6) is -6.99. The summed E-state index contributed by atoms with van der Waals surface area (Å²) in [4.78, 5) is 91.4. The van der Waals surface area contributed by atoms with Crippen LogP contribution in [0.25, 0.3) is 44.4 Å². The maximum absolute atomic E-state index is 13.4. The van der Waals surface area contributed by atoms with Gasteiger partial charge in [-0.2, -0.15) is 0 Å². The Balaban J connectivity index is 1.68. The standard InChI is InChI=1S/C62H88N6O12/c1-9-11-13-15-17-19-21-23-29-79-41(7)59-39(5)47-31-45-37(3)43(25-27-55(69)67-53(61(75)76)35-57(71)72)49(63-45)34-50-44(26-28-56(70)68-54(62(77)78)36-58(73)74)38(4)46(64-50)32-51-60(40(6)48(66-51)33-52(59)65-47)42(8)80-30-24-22-20-18-16-14-12-10-2/h31-34,41-42,53-54,63-64H,9-30,35-36H2,1-8H3,(H,67,69)(H,68,70)(H,71,72)(H,73,74)(H,75,76)(H,77,78)/t41?,42?,53-,54-/m0/s1. The minimum atomic E-state index is -1.63. The smallest absolute Gasteiger partial charge is 0.326 e. The molecule has 18 nitrogen and oxygen atoms in total. The van der Waals surface area contributed by atoms with Crippen molar-refractivity contribution in [2.45, 2.75) is 221 Å². The second-order valence-corrected chi connectivity index (χ2v) is 21.6. The molecule has 2 aliphatic rings. The number of hydrogen-bond acceptors (Lipinski definition) is 10. The molecule has 80 heavy (non-hydrogen) atoms. The van der Waals surface area contributed by atoms with Crippen LogP contribution in [0.3, 0.4) is 0 Å². The first-order valence-electron chi connectivity index (χ1n) is 29.1. The van der Waals surface area contributed by atoms with Crippen molar-refractivity contribution in [1.29, 1.82) is 0 Å². The highest BCUT2D eigenvalue weighted by Crippen LogP contribution is 2.39. The van der Waals surface area contributed by atoms with Crippen LogP contribution < -0.4 is 10.6 Å². The second kappa shape index (κ2) is 32.0. The highest BCUT2D eigenvalue weighted by molar-refractivity contribution is 5.97. The molecule has 8 bridgehead atoms. The quantitative estimate of drug-likeness (QED) is 0.0251. The molecule has 2 aliphatic heterocycles. The van der Waals surface area contributed by atoms with E-state index in [0.717, 1.165) is 71.2 Å². The molecule has 0 spiro atoms.